The molecule has 0 atom stereocenters. The average molecular weight is 278 g/mol. The standard InChI is InChI=1S/C12H26O5Si/c1-5-15-18(16-6-2,17-7-3)11-9-8-10-14-12(4)13/h5-11H2,1-4H3. The molecule has 0 aliphatic carbocycles. The Hall–Kier alpha value is -0.433. The van der Waals surface area contributed by atoms with Gasteiger partial charge in [-0.3, -0.25) is 4.79 Å². The summed E-state index contributed by atoms with van der Waals surface area (Å²) >= 11 is 0. The molecule has 0 aromatic heterocycles. The summed E-state index contributed by atoms with van der Waals surface area (Å²) in [6, 6.07) is 0.768. The second kappa shape index (κ2) is 10.5. The molecular weight excluding hydrogens is 252 g/mol. The zero-order chi connectivity index (χ0) is 13.9. The van der Waals surface area contributed by atoms with Crippen molar-refractivity contribution in [2.75, 3.05) is 26.4 Å². The van der Waals surface area contributed by atoms with Crippen molar-refractivity contribution < 1.29 is 22.8 Å². The van der Waals surface area contributed by atoms with Crippen LogP contribution < -0.4 is 0 Å². The highest BCUT2D eigenvalue weighted by molar-refractivity contribution is 6.60. The minimum atomic E-state index is -2.51. The number of rotatable bonds is 11. The fourth-order valence-electron chi connectivity index (χ4n) is 1.66. The number of carbonyl (C=O) groups excluding carboxylic acids is 1. The fraction of sp³-hybridized carbons (Fsp3) is 0.917. The maximum Gasteiger partial charge on any atom is 0.500 e. The topological polar surface area (TPSA) is 54.0 Å². The Morgan fingerprint density at radius 3 is 1.83 bits per heavy atom. The smallest absolute Gasteiger partial charge is 0.466 e. The van der Waals surface area contributed by atoms with E-state index in [2.05, 4.69) is 0 Å². The maximum atomic E-state index is 10.6. The van der Waals surface area contributed by atoms with E-state index < -0.39 is 8.80 Å². The Morgan fingerprint density at radius 1 is 0.944 bits per heavy atom. The molecular formula is C12H26O5Si. The summed E-state index contributed by atoms with van der Waals surface area (Å²) in [5.74, 6) is -0.238. The molecule has 0 heterocycles. The third-order valence-electron chi connectivity index (χ3n) is 2.28. The quantitative estimate of drug-likeness (QED) is 0.330. The normalized spacial score (nSPS) is 11.6. The predicted molar refractivity (Wildman–Crippen MR) is 71.3 cm³/mol. The maximum absolute atomic E-state index is 10.6. The van der Waals surface area contributed by atoms with E-state index in [1.54, 1.807) is 0 Å². The van der Waals surface area contributed by atoms with E-state index >= 15 is 0 Å². The number of hydrogen-bond donors (Lipinski definition) is 0. The van der Waals surface area contributed by atoms with E-state index in [9.17, 15) is 4.79 Å². The largest absolute Gasteiger partial charge is 0.500 e. The monoisotopic (exact) mass is 278 g/mol. The molecule has 0 aliphatic heterocycles. The first-order valence-electron chi connectivity index (χ1n) is 6.65. The van der Waals surface area contributed by atoms with Crippen LogP contribution in [0, 0.1) is 0 Å². The molecule has 0 aromatic rings. The molecule has 0 rings (SSSR count). The van der Waals surface area contributed by atoms with Crippen molar-refractivity contribution in [3.05, 3.63) is 0 Å². The molecule has 0 unspecified atom stereocenters. The zero-order valence-electron chi connectivity index (χ0n) is 12.0. The third kappa shape index (κ3) is 7.81. The van der Waals surface area contributed by atoms with Crippen LogP contribution in [0.5, 0.6) is 0 Å². The Balaban J connectivity index is 4.08. The van der Waals surface area contributed by atoms with Crippen molar-refractivity contribution >= 4 is 14.8 Å². The van der Waals surface area contributed by atoms with E-state index in [-0.39, 0.29) is 5.97 Å². The van der Waals surface area contributed by atoms with Crippen molar-refractivity contribution in [3.8, 4) is 0 Å². The predicted octanol–water partition coefficient (Wildman–Crippen LogP) is 2.38. The molecule has 0 radical (unpaired) electrons. The SMILES string of the molecule is CCO[Si](CCCCOC(C)=O)(OCC)OCC. The van der Waals surface area contributed by atoms with Gasteiger partial charge in [0, 0.05) is 32.8 Å². The number of hydrogen-bond acceptors (Lipinski definition) is 5. The van der Waals surface area contributed by atoms with Crippen LogP contribution in [0.4, 0.5) is 0 Å². The first-order valence-corrected chi connectivity index (χ1v) is 8.58. The second-order valence-electron chi connectivity index (χ2n) is 3.78. The Labute approximate surface area is 111 Å². The lowest BCUT2D eigenvalue weighted by Crippen LogP contribution is -2.45. The number of unbranched alkanes of at least 4 members (excludes halogenated alkanes) is 1. The first-order chi connectivity index (χ1) is 8.60. The van der Waals surface area contributed by atoms with Gasteiger partial charge in [-0.1, -0.05) is 0 Å². The molecule has 0 saturated heterocycles. The highest BCUT2D eigenvalue weighted by Gasteiger charge is 2.39. The van der Waals surface area contributed by atoms with Crippen molar-refractivity contribution in [1.82, 2.24) is 0 Å². The van der Waals surface area contributed by atoms with Gasteiger partial charge in [-0.15, -0.1) is 0 Å². The van der Waals surface area contributed by atoms with Gasteiger partial charge in [0.15, 0.2) is 0 Å². The van der Waals surface area contributed by atoms with Gasteiger partial charge in [-0.2, -0.15) is 0 Å². The molecule has 0 bridgehead atoms. The molecule has 0 amide bonds. The van der Waals surface area contributed by atoms with E-state index in [0.717, 1.165) is 18.9 Å². The van der Waals surface area contributed by atoms with Crippen molar-refractivity contribution in [2.45, 2.75) is 46.6 Å². The summed E-state index contributed by atoms with van der Waals surface area (Å²) < 4.78 is 22.1. The summed E-state index contributed by atoms with van der Waals surface area (Å²) in [7, 11) is -2.51. The lowest BCUT2D eigenvalue weighted by molar-refractivity contribution is -0.141. The molecule has 0 aromatic carbocycles. The summed E-state index contributed by atoms with van der Waals surface area (Å²) in [5, 5.41) is 0. The van der Waals surface area contributed by atoms with Crippen LogP contribution >= 0.6 is 0 Å². The van der Waals surface area contributed by atoms with Gasteiger partial charge in [0.05, 0.1) is 6.61 Å². The van der Waals surface area contributed by atoms with Gasteiger partial charge < -0.3 is 18.0 Å². The first kappa shape index (κ1) is 17.6. The zero-order valence-corrected chi connectivity index (χ0v) is 13.0. The van der Waals surface area contributed by atoms with Crippen molar-refractivity contribution in [2.24, 2.45) is 0 Å². The Morgan fingerprint density at radius 2 is 1.44 bits per heavy atom. The van der Waals surface area contributed by atoms with Crippen LogP contribution in [0.2, 0.25) is 6.04 Å². The lowest BCUT2D eigenvalue weighted by atomic mass is 10.4. The van der Waals surface area contributed by atoms with E-state index in [1.165, 1.54) is 6.92 Å². The lowest BCUT2D eigenvalue weighted by Gasteiger charge is -2.28. The molecule has 0 saturated carbocycles. The number of ether oxygens (including phenoxy) is 1. The Bertz CT molecular complexity index is 205. The molecule has 0 N–H and O–H groups in total. The van der Waals surface area contributed by atoms with Gasteiger partial charge in [0.25, 0.3) is 0 Å². The Kier molecular flexibility index (Phi) is 10.2. The molecule has 0 fully saturated rings. The van der Waals surface area contributed by atoms with Gasteiger partial charge in [0.1, 0.15) is 0 Å². The fourth-order valence-corrected chi connectivity index (χ4v) is 4.35. The summed E-state index contributed by atoms with van der Waals surface area (Å²) in [5.41, 5.74) is 0. The van der Waals surface area contributed by atoms with Crippen LogP contribution in [0.15, 0.2) is 0 Å². The number of carbonyl (C=O) groups is 1. The molecule has 0 aliphatic rings. The summed E-state index contributed by atoms with van der Waals surface area (Å²) in [6.07, 6.45) is 1.68. The van der Waals surface area contributed by atoms with E-state index in [4.69, 9.17) is 18.0 Å². The van der Waals surface area contributed by atoms with E-state index in [0.29, 0.717) is 26.4 Å². The second-order valence-corrected chi connectivity index (χ2v) is 6.51. The van der Waals surface area contributed by atoms with Crippen LogP contribution in [0.25, 0.3) is 0 Å². The summed E-state index contributed by atoms with van der Waals surface area (Å²) in [4.78, 5) is 10.6. The highest BCUT2D eigenvalue weighted by atomic mass is 28.4. The van der Waals surface area contributed by atoms with Gasteiger partial charge >= 0.3 is 14.8 Å². The van der Waals surface area contributed by atoms with Crippen LogP contribution in [-0.4, -0.2) is 41.2 Å². The van der Waals surface area contributed by atoms with Crippen molar-refractivity contribution in [1.29, 1.82) is 0 Å². The number of esters is 1. The summed E-state index contributed by atoms with van der Waals surface area (Å²) in [6.45, 7) is 9.47. The molecule has 5 nitrogen and oxygen atoms in total. The van der Waals surface area contributed by atoms with Gasteiger partial charge in [0.2, 0.25) is 0 Å². The minimum Gasteiger partial charge on any atom is -0.466 e. The van der Waals surface area contributed by atoms with E-state index in [1.807, 2.05) is 20.8 Å². The molecule has 0 spiro atoms. The minimum absolute atomic E-state index is 0.238. The van der Waals surface area contributed by atoms with Crippen molar-refractivity contribution in [3.63, 3.8) is 0 Å². The van der Waals surface area contributed by atoms with Gasteiger partial charge in [-0.05, 0) is 33.6 Å². The van der Waals surface area contributed by atoms with Gasteiger partial charge in [-0.25, -0.2) is 0 Å². The van der Waals surface area contributed by atoms with Crippen LogP contribution in [-0.2, 0) is 22.8 Å². The average Bonchev–Trinajstić information content (AvgIpc) is 2.29. The molecule has 6 heteroatoms. The highest BCUT2D eigenvalue weighted by Crippen LogP contribution is 2.19. The van der Waals surface area contributed by atoms with Crippen LogP contribution in [0.1, 0.15) is 40.5 Å². The molecule has 18 heavy (non-hydrogen) atoms. The third-order valence-corrected chi connectivity index (χ3v) is 5.43. The molecule has 108 valence electrons. The van der Waals surface area contributed by atoms with Crippen LogP contribution in [0.3, 0.4) is 0 Å².